The first kappa shape index (κ1) is 26.3. The highest BCUT2D eigenvalue weighted by molar-refractivity contribution is 5.94. The van der Waals surface area contributed by atoms with Crippen molar-refractivity contribution in [3.05, 3.63) is 29.8 Å². The lowest BCUT2D eigenvalue weighted by Gasteiger charge is -2.36. The number of rotatable bonds is 7. The molecule has 3 amide bonds. The van der Waals surface area contributed by atoms with Gasteiger partial charge in [-0.05, 0) is 42.0 Å². The van der Waals surface area contributed by atoms with Crippen molar-refractivity contribution in [1.29, 1.82) is 0 Å². The molecule has 0 saturated heterocycles. The molecular weight excluding hydrogens is 415 g/mol. The Morgan fingerprint density at radius 1 is 1.06 bits per heavy atom. The maximum atomic E-state index is 13.0. The Kier molecular flexibility index (Phi) is 8.48. The molecule has 0 saturated carbocycles. The number of likely N-dealkylation sites (N-methyl/N-ethyl adjacent to an activating group) is 1. The van der Waals surface area contributed by atoms with Crippen LogP contribution in [0.2, 0.25) is 0 Å². The molecule has 0 heterocycles. The van der Waals surface area contributed by atoms with Crippen molar-refractivity contribution in [2.45, 2.75) is 59.3 Å². The van der Waals surface area contributed by atoms with E-state index in [-0.39, 0.29) is 18.0 Å². The van der Waals surface area contributed by atoms with E-state index in [0.29, 0.717) is 0 Å². The number of benzene rings is 1. The SMILES string of the molecule is CC(C)C[C@H](NC(=O)Nc1ccc(C(F)(F)F)cc1)C(=O)N(C)C(C(=O)O)C(C)(C)C. The largest absolute Gasteiger partial charge is 0.480 e. The van der Waals surface area contributed by atoms with Gasteiger partial charge in [0.25, 0.3) is 0 Å². The molecule has 0 aliphatic carbocycles. The van der Waals surface area contributed by atoms with Crippen LogP contribution in [-0.4, -0.2) is 47.0 Å². The van der Waals surface area contributed by atoms with E-state index < -0.39 is 47.1 Å². The van der Waals surface area contributed by atoms with Gasteiger partial charge >= 0.3 is 18.2 Å². The molecule has 174 valence electrons. The number of nitrogens with zero attached hydrogens (tertiary/aromatic N) is 1. The highest BCUT2D eigenvalue weighted by Gasteiger charge is 2.39. The third kappa shape index (κ3) is 7.76. The quantitative estimate of drug-likeness (QED) is 0.586. The van der Waals surface area contributed by atoms with E-state index in [9.17, 15) is 32.7 Å². The Balaban J connectivity index is 2.97. The van der Waals surface area contributed by atoms with Crippen LogP contribution in [0, 0.1) is 11.3 Å². The highest BCUT2D eigenvalue weighted by atomic mass is 19.4. The molecule has 1 aromatic rings. The van der Waals surface area contributed by atoms with Gasteiger partial charge < -0.3 is 20.6 Å². The zero-order chi connectivity index (χ0) is 24.1. The summed E-state index contributed by atoms with van der Waals surface area (Å²) in [5.74, 6) is -1.73. The second-order valence-electron chi connectivity index (χ2n) is 8.91. The molecule has 2 atom stereocenters. The minimum atomic E-state index is -4.49. The second-order valence-corrected chi connectivity index (χ2v) is 8.91. The van der Waals surface area contributed by atoms with Crippen molar-refractivity contribution in [2.24, 2.45) is 11.3 Å². The van der Waals surface area contributed by atoms with Crippen molar-refractivity contribution in [3.63, 3.8) is 0 Å². The zero-order valence-electron chi connectivity index (χ0n) is 18.5. The van der Waals surface area contributed by atoms with Crippen LogP contribution in [0.15, 0.2) is 24.3 Å². The van der Waals surface area contributed by atoms with E-state index in [1.807, 2.05) is 13.8 Å². The second kappa shape index (κ2) is 10.0. The molecule has 1 aromatic carbocycles. The van der Waals surface area contributed by atoms with E-state index in [1.54, 1.807) is 20.8 Å². The molecular formula is C21H30F3N3O4. The van der Waals surface area contributed by atoms with Crippen LogP contribution < -0.4 is 10.6 Å². The summed E-state index contributed by atoms with van der Waals surface area (Å²) >= 11 is 0. The molecule has 3 N–H and O–H groups in total. The maximum absolute atomic E-state index is 13.0. The number of halogens is 3. The van der Waals surface area contributed by atoms with Crippen LogP contribution in [0.3, 0.4) is 0 Å². The van der Waals surface area contributed by atoms with E-state index in [0.717, 1.165) is 29.2 Å². The van der Waals surface area contributed by atoms with Gasteiger partial charge in [-0.15, -0.1) is 0 Å². The molecule has 0 aliphatic heterocycles. The predicted molar refractivity (Wildman–Crippen MR) is 110 cm³/mol. The van der Waals surface area contributed by atoms with Crippen molar-refractivity contribution >= 4 is 23.6 Å². The number of hydrogen-bond acceptors (Lipinski definition) is 3. The summed E-state index contributed by atoms with van der Waals surface area (Å²) in [4.78, 5) is 38.2. The molecule has 7 nitrogen and oxygen atoms in total. The summed E-state index contributed by atoms with van der Waals surface area (Å²) < 4.78 is 38.0. The monoisotopic (exact) mass is 445 g/mol. The van der Waals surface area contributed by atoms with Gasteiger partial charge in [0.05, 0.1) is 5.56 Å². The standard InChI is InChI=1S/C21H30F3N3O4/c1-12(2)11-15(17(28)27(6)16(18(29)30)20(3,4)5)26-19(31)25-14-9-7-13(8-10-14)21(22,23)24/h7-10,12,15-16H,11H2,1-6H3,(H,29,30)(H2,25,26,31)/t15-,16?/m0/s1. The van der Waals surface area contributed by atoms with E-state index in [2.05, 4.69) is 10.6 Å². The van der Waals surface area contributed by atoms with E-state index in [1.165, 1.54) is 7.05 Å². The number of nitrogens with one attached hydrogen (secondary N) is 2. The number of aliphatic carboxylic acids is 1. The van der Waals surface area contributed by atoms with E-state index >= 15 is 0 Å². The van der Waals surface area contributed by atoms with Gasteiger partial charge in [0, 0.05) is 12.7 Å². The summed E-state index contributed by atoms with van der Waals surface area (Å²) in [5, 5.41) is 14.5. The normalized spacial score (nSPS) is 14.0. The number of urea groups is 1. The fourth-order valence-corrected chi connectivity index (χ4v) is 3.25. The van der Waals surface area contributed by atoms with Crippen molar-refractivity contribution in [3.8, 4) is 0 Å². The summed E-state index contributed by atoms with van der Waals surface area (Å²) in [6, 6.07) is 0.969. The Hall–Kier alpha value is -2.78. The lowest BCUT2D eigenvalue weighted by atomic mass is 9.85. The Morgan fingerprint density at radius 2 is 1.58 bits per heavy atom. The van der Waals surface area contributed by atoms with Crippen molar-refractivity contribution in [2.75, 3.05) is 12.4 Å². The number of carbonyl (C=O) groups excluding carboxylic acids is 2. The molecule has 31 heavy (non-hydrogen) atoms. The number of hydrogen-bond donors (Lipinski definition) is 3. The van der Waals surface area contributed by atoms with Gasteiger partial charge in [-0.3, -0.25) is 4.79 Å². The van der Waals surface area contributed by atoms with Gasteiger partial charge in [0.15, 0.2) is 0 Å². The first-order valence-corrected chi connectivity index (χ1v) is 9.78. The fourth-order valence-electron chi connectivity index (χ4n) is 3.25. The summed E-state index contributed by atoms with van der Waals surface area (Å²) in [7, 11) is 1.37. The van der Waals surface area contributed by atoms with Crippen LogP contribution in [-0.2, 0) is 15.8 Å². The van der Waals surface area contributed by atoms with E-state index in [4.69, 9.17) is 0 Å². The molecule has 0 aromatic heterocycles. The number of anilines is 1. The van der Waals surface area contributed by atoms with Crippen molar-refractivity contribution < 1.29 is 32.7 Å². The Morgan fingerprint density at radius 3 is 1.97 bits per heavy atom. The number of alkyl halides is 3. The summed E-state index contributed by atoms with van der Waals surface area (Å²) in [6.07, 6.45) is -4.24. The fraction of sp³-hybridized carbons (Fsp3) is 0.571. The van der Waals surface area contributed by atoms with Gasteiger partial charge in [-0.1, -0.05) is 34.6 Å². The number of carboxylic acids is 1. The molecule has 0 bridgehead atoms. The molecule has 10 heteroatoms. The average molecular weight is 445 g/mol. The summed E-state index contributed by atoms with van der Waals surface area (Å²) in [6.45, 7) is 8.76. The van der Waals surface area contributed by atoms with Crippen LogP contribution in [0.25, 0.3) is 0 Å². The third-order valence-corrected chi connectivity index (χ3v) is 4.57. The lowest BCUT2D eigenvalue weighted by Crippen LogP contribution is -2.56. The van der Waals surface area contributed by atoms with Gasteiger partial charge in [-0.25, -0.2) is 9.59 Å². The number of carboxylic acid groups (broad SMARTS) is 1. The Labute approximate surface area is 180 Å². The third-order valence-electron chi connectivity index (χ3n) is 4.57. The highest BCUT2D eigenvalue weighted by Crippen LogP contribution is 2.30. The van der Waals surface area contributed by atoms with Crippen LogP contribution in [0.1, 0.15) is 46.6 Å². The van der Waals surface area contributed by atoms with Crippen LogP contribution in [0.5, 0.6) is 0 Å². The zero-order valence-corrected chi connectivity index (χ0v) is 18.5. The molecule has 1 unspecified atom stereocenters. The van der Waals surface area contributed by atoms with Gasteiger partial charge in [-0.2, -0.15) is 13.2 Å². The topological polar surface area (TPSA) is 98.7 Å². The molecule has 1 rings (SSSR count). The number of carbonyl (C=O) groups is 3. The number of amides is 3. The minimum absolute atomic E-state index is 0.00614. The average Bonchev–Trinajstić information content (AvgIpc) is 2.58. The Bertz CT molecular complexity index is 787. The molecule has 0 spiro atoms. The first-order chi connectivity index (χ1) is 14.0. The predicted octanol–water partition coefficient (Wildman–Crippen LogP) is 4.20. The molecule has 0 aliphatic rings. The van der Waals surface area contributed by atoms with Gasteiger partial charge in [0.2, 0.25) is 5.91 Å². The van der Waals surface area contributed by atoms with Crippen LogP contribution in [0.4, 0.5) is 23.7 Å². The minimum Gasteiger partial charge on any atom is -0.480 e. The van der Waals surface area contributed by atoms with Crippen LogP contribution >= 0.6 is 0 Å². The lowest BCUT2D eigenvalue weighted by molar-refractivity contribution is -0.154. The molecule has 0 radical (unpaired) electrons. The van der Waals surface area contributed by atoms with Gasteiger partial charge in [0.1, 0.15) is 12.1 Å². The first-order valence-electron chi connectivity index (χ1n) is 9.78. The molecule has 0 fully saturated rings. The maximum Gasteiger partial charge on any atom is 0.416 e. The summed E-state index contributed by atoms with van der Waals surface area (Å²) in [5.41, 5.74) is -1.48. The van der Waals surface area contributed by atoms with Crippen molar-refractivity contribution in [1.82, 2.24) is 10.2 Å². The smallest absolute Gasteiger partial charge is 0.416 e.